The van der Waals surface area contributed by atoms with E-state index in [4.69, 9.17) is 4.74 Å². The molecule has 0 saturated carbocycles. The fraction of sp³-hybridized carbons (Fsp3) is 0.440. The number of ether oxygens (including phenoxy) is 1. The van der Waals surface area contributed by atoms with Gasteiger partial charge in [-0.15, -0.1) is 0 Å². The molecular weight excluding hydrogens is 454 g/mol. The molecule has 0 radical (unpaired) electrons. The van der Waals surface area contributed by atoms with Crippen molar-refractivity contribution in [3.8, 4) is 5.75 Å². The van der Waals surface area contributed by atoms with Gasteiger partial charge in [-0.1, -0.05) is 36.4 Å². The number of benzene rings is 2. The number of aryl methyl sites for hydroxylation is 1. The summed E-state index contributed by atoms with van der Waals surface area (Å²) >= 11 is 0. The third-order valence-electron chi connectivity index (χ3n) is 5.60. The molecule has 2 aromatic rings. The Morgan fingerprint density at radius 2 is 1.74 bits per heavy atom. The van der Waals surface area contributed by atoms with Crippen molar-refractivity contribution in [2.45, 2.75) is 46.2 Å². The van der Waals surface area contributed by atoms with Crippen molar-refractivity contribution in [2.24, 2.45) is 0 Å². The Bertz CT molecular complexity index is 1090. The molecule has 2 rings (SSSR count). The Hall–Kier alpha value is -3.07. The van der Waals surface area contributed by atoms with Gasteiger partial charge in [0, 0.05) is 26.6 Å². The molecule has 0 aromatic heterocycles. The Balaban J connectivity index is 2.20. The maximum Gasteiger partial charge on any atom is 0.242 e. The molecule has 2 amide bonds. The summed E-state index contributed by atoms with van der Waals surface area (Å²) in [6.07, 6.45) is 1.52. The summed E-state index contributed by atoms with van der Waals surface area (Å²) in [7, 11) is -2.06. The standard InChI is InChI=1S/C25H35N3O5S/c1-6-33-23-15-10-9-14-22(23)28(34(5,31)32)17-11-16-24(29)27(20(3)25(30)26-4)18-21-13-8-7-12-19(21)2/h7-10,12-15,20H,6,11,16-18H2,1-5H3,(H,26,30)/t20-/m0/s1. The van der Waals surface area contributed by atoms with E-state index in [0.717, 1.165) is 17.4 Å². The second-order valence-corrected chi connectivity index (χ2v) is 9.98. The summed E-state index contributed by atoms with van der Waals surface area (Å²) in [5, 5.41) is 2.60. The molecule has 0 aliphatic heterocycles. The third kappa shape index (κ3) is 7.21. The van der Waals surface area contributed by atoms with Crippen LogP contribution in [0.2, 0.25) is 0 Å². The minimum atomic E-state index is -3.60. The van der Waals surface area contributed by atoms with Gasteiger partial charge in [0.05, 0.1) is 18.6 Å². The number of sulfonamides is 1. The number of carbonyl (C=O) groups excluding carboxylic acids is 2. The molecule has 0 bridgehead atoms. The van der Waals surface area contributed by atoms with Crippen LogP contribution in [0.15, 0.2) is 48.5 Å². The van der Waals surface area contributed by atoms with Gasteiger partial charge in [-0.3, -0.25) is 13.9 Å². The molecule has 186 valence electrons. The van der Waals surface area contributed by atoms with Gasteiger partial charge < -0.3 is 15.0 Å². The van der Waals surface area contributed by atoms with Gasteiger partial charge in [-0.25, -0.2) is 8.42 Å². The molecule has 34 heavy (non-hydrogen) atoms. The Morgan fingerprint density at radius 1 is 1.09 bits per heavy atom. The van der Waals surface area contributed by atoms with Crippen LogP contribution in [0.5, 0.6) is 5.75 Å². The first-order valence-electron chi connectivity index (χ1n) is 11.3. The van der Waals surface area contributed by atoms with Crippen molar-refractivity contribution in [1.29, 1.82) is 0 Å². The van der Waals surface area contributed by atoms with Crippen LogP contribution in [0.4, 0.5) is 5.69 Å². The minimum absolute atomic E-state index is 0.0933. The number of anilines is 1. The van der Waals surface area contributed by atoms with E-state index in [1.165, 1.54) is 11.4 Å². The minimum Gasteiger partial charge on any atom is -0.492 e. The van der Waals surface area contributed by atoms with Crippen LogP contribution >= 0.6 is 0 Å². The number of para-hydroxylation sites is 2. The predicted molar refractivity (Wildman–Crippen MR) is 134 cm³/mol. The number of rotatable bonds is 12. The highest BCUT2D eigenvalue weighted by Gasteiger charge is 2.27. The zero-order valence-electron chi connectivity index (χ0n) is 20.6. The zero-order valence-corrected chi connectivity index (χ0v) is 21.4. The van der Waals surface area contributed by atoms with Crippen LogP contribution in [-0.2, 0) is 26.2 Å². The zero-order chi connectivity index (χ0) is 25.3. The largest absolute Gasteiger partial charge is 0.492 e. The summed E-state index contributed by atoms with van der Waals surface area (Å²) in [6, 6.07) is 14.0. The molecule has 0 aliphatic rings. The Labute approximate surface area is 202 Å². The Morgan fingerprint density at radius 3 is 2.35 bits per heavy atom. The lowest BCUT2D eigenvalue weighted by molar-refractivity contribution is -0.140. The first kappa shape index (κ1) is 27.2. The molecule has 8 nitrogen and oxygen atoms in total. The van der Waals surface area contributed by atoms with E-state index in [-0.39, 0.29) is 31.2 Å². The van der Waals surface area contributed by atoms with E-state index in [9.17, 15) is 18.0 Å². The topological polar surface area (TPSA) is 96.0 Å². The number of likely N-dealkylation sites (N-methyl/N-ethyl adjacent to an activating group) is 1. The smallest absolute Gasteiger partial charge is 0.242 e. The molecule has 0 unspecified atom stereocenters. The van der Waals surface area contributed by atoms with Crippen LogP contribution in [0.1, 0.15) is 37.8 Å². The van der Waals surface area contributed by atoms with Gasteiger partial charge in [0.2, 0.25) is 21.8 Å². The monoisotopic (exact) mass is 489 g/mol. The van der Waals surface area contributed by atoms with Crippen LogP contribution in [0, 0.1) is 6.92 Å². The second-order valence-electron chi connectivity index (χ2n) is 8.08. The third-order valence-corrected chi connectivity index (χ3v) is 6.78. The average Bonchev–Trinajstić information content (AvgIpc) is 2.80. The normalized spacial score (nSPS) is 12.0. The first-order valence-corrected chi connectivity index (χ1v) is 13.2. The number of amides is 2. The molecule has 0 heterocycles. The van der Waals surface area contributed by atoms with Crippen LogP contribution in [0.25, 0.3) is 0 Å². The molecule has 0 spiro atoms. The van der Waals surface area contributed by atoms with Crippen molar-refractivity contribution in [1.82, 2.24) is 10.2 Å². The van der Waals surface area contributed by atoms with Gasteiger partial charge in [0.15, 0.2) is 0 Å². The van der Waals surface area contributed by atoms with Gasteiger partial charge in [-0.2, -0.15) is 0 Å². The molecule has 2 aromatic carbocycles. The van der Waals surface area contributed by atoms with E-state index >= 15 is 0 Å². The summed E-state index contributed by atoms with van der Waals surface area (Å²) < 4.78 is 31.9. The van der Waals surface area contributed by atoms with E-state index in [1.54, 1.807) is 36.1 Å². The molecule has 1 atom stereocenters. The highest BCUT2D eigenvalue weighted by Crippen LogP contribution is 2.30. The summed E-state index contributed by atoms with van der Waals surface area (Å²) in [5.74, 6) is -0.00703. The van der Waals surface area contributed by atoms with Gasteiger partial charge in [0.25, 0.3) is 0 Å². The summed E-state index contributed by atoms with van der Waals surface area (Å²) in [5.41, 5.74) is 2.42. The van der Waals surface area contributed by atoms with Crippen molar-refractivity contribution in [2.75, 3.05) is 30.8 Å². The molecule has 0 aliphatic carbocycles. The fourth-order valence-corrected chi connectivity index (χ4v) is 4.65. The van der Waals surface area contributed by atoms with E-state index in [1.807, 2.05) is 38.1 Å². The van der Waals surface area contributed by atoms with Crippen LogP contribution in [0.3, 0.4) is 0 Å². The Kier molecular flexibility index (Phi) is 9.92. The quantitative estimate of drug-likeness (QED) is 0.494. The average molecular weight is 490 g/mol. The van der Waals surface area contributed by atoms with E-state index in [0.29, 0.717) is 24.6 Å². The number of hydrogen-bond donors (Lipinski definition) is 1. The number of nitrogens with one attached hydrogen (secondary N) is 1. The lowest BCUT2D eigenvalue weighted by atomic mass is 10.1. The molecular formula is C25H35N3O5S. The van der Waals surface area contributed by atoms with Crippen molar-refractivity contribution >= 4 is 27.5 Å². The molecule has 1 N–H and O–H groups in total. The van der Waals surface area contributed by atoms with Crippen molar-refractivity contribution in [3.05, 3.63) is 59.7 Å². The van der Waals surface area contributed by atoms with E-state index in [2.05, 4.69) is 5.32 Å². The number of nitrogens with zero attached hydrogens (tertiary/aromatic N) is 2. The maximum atomic E-state index is 13.2. The molecule has 0 saturated heterocycles. The fourth-order valence-electron chi connectivity index (χ4n) is 3.69. The number of hydrogen-bond acceptors (Lipinski definition) is 5. The van der Waals surface area contributed by atoms with Crippen molar-refractivity contribution in [3.63, 3.8) is 0 Å². The first-order chi connectivity index (χ1) is 16.1. The van der Waals surface area contributed by atoms with Crippen molar-refractivity contribution < 1.29 is 22.7 Å². The molecule has 9 heteroatoms. The SMILES string of the molecule is CCOc1ccccc1N(CCCC(=O)N(Cc1ccccc1C)[C@@H](C)C(=O)NC)S(C)(=O)=O. The van der Waals surface area contributed by atoms with Gasteiger partial charge in [0.1, 0.15) is 11.8 Å². The summed E-state index contributed by atoms with van der Waals surface area (Å²) in [4.78, 5) is 27.1. The highest BCUT2D eigenvalue weighted by molar-refractivity contribution is 7.92. The lowest BCUT2D eigenvalue weighted by Crippen LogP contribution is -2.47. The van der Waals surface area contributed by atoms with Crippen LogP contribution in [-0.4, -0.2) is 57.6 Å². The van der Waals surface area contributed by atoms with E-state index < -0.39 is 16.1 Å². The highest BCUT2D eigenvalue weighted by atomic mass is 32.2. The molecule has 0 fully saturated rings. The summed E-state index contributed by atoms with van der Waals surface area (Å²) in [6.45, 7) is 6.29. The van der Waals surface area contributed by atoms with Gasteiger partial charge >= 0.3 is 0 Å². The predicted octanol–water partition coefficient (Wildman–Crippen LogP) is 3.10. The van der Waals surface area contributed by atoms with Gasteiger partial charge in [-0.05, 0) is 50.5 Å². The lowest BCUT2D eigenvalue weighted by Gasteiger charge is -2.29. The van der Waals surface area contributed by atoms with Crippen LogP contribution < -0.4 is 14.4 Å². The maximum absolute atomic E-state index is 13.2. The second kappa shape index (κ2) is 12.4. The number of carbonyl (C=O) groups is 2.